The Morgan fingerprint density at radius 1 is 1.21 bits per heavy atom. The van der Waals surface area contributed by atoms with Crippen LogP contribution in [-0.4, -0.2) is 58.4 Å². The van der Waals surface area contributed by atoms with Gasteiger partial charge in [0.2, 0.25) is 5.82 Å². The van der Waals surface area contributed by atoms with Crippen LogP contribution in [0.2, 0.25) is 0 Å². The molecule has 3 aromatic heterocycles. The smallest absolute Gasteiger partial charge is 0.410 e. The number of thiazole rings is 1. The first-order valence-electron chi connectivity index (χ1n) is 12.3. The van der Waals surface area contributed by atoms with Gasteiger partial charge in [0.25, 0.3) is 15.9 Å². The van der Waals surface area contributed by atoms with Crippen molar-refractivity contribution in [1.82, 2.24) is 25.2 Å². The average Bonchev–Trinajstić information content (AvgIpc) is 3.66. The number of sulfonamides is 1. The molecular weight excluding hydrogens is 544 g/mol. The molecule has 0 radical (unpaired) electrons. The molecule has 1 saturated heterocycles. The number of nitrogens with one attached hydrogen (secondary N) is 1. The van der Waals surface area contributed by atoms with Crippen LogP contribution in [0.15, 0.2) is 49.7 Å². The molecule has 0 bridgehead atoms. The van der Waals surface area contributed by atoms with E-state index < -0.39 is 15.6 Å². The molecule has 1 aliphatic rings. The molecule has 4 aromatic rings. The Morgan fingerprint density at radius 3 is 2.77 bits per heavy atom. The molecule has 206 valence electrons. The van der Waals surface area contributed by atoms with Crippen LogP contribution in [0.5, 0.6) is 0 Å². The van der Waals surface area contributed by atoms with Crippen molar-refractivity contribution in [2.75, 3.05) is 17.8 Å². The second-order valence-electron chi connectivity index (χ2n) is 10.3. The Balaban J connectivity index is 1.24. The number of benzene rings is 1. The highest BCUT2D eigenvalue weighted by Gasteiger charge is 2.30. The molecule has 39 heavy (non-hydrogen) atoms. The number of aromatic nitrogens is 4. The van der Waals surface area contributed by atoms with E-state index >= 15 is 0 Å². The van der Waals surface area contributed by atoms with Crippen LogP contribution in [0.3, 0.4) is 0 Å². The number of nitrogens with zero attached hydrogens (tertiary/aromatic N) is 5. The molecule has 5 rings (SSSR count). The van der Waals surface area contributed by atoms with E-state index in [1.54, 1.807) is 24.0 Å². The predicted octanol–water partition coefficient (Wildman–Crippen LogP) is 4.76. The number of hydrogen-bond donors (Lipinski definition) is 1. The van der Waals surface area contributed by atoms with E-state index in [1.165, 1.54) is 29.5 Å². The topological polar surface area (TPSA) is 154 Å². The Kier molecular flexibility index (Phi) is 7.16. The third-order valence-corrected chi connectivity index (χ3v) is 8.09. The SMILES string of the molecule is Cc1cc(NS(=O)(=O)c2cccc(-c3noc(-c4csc(CC5CCN(C(=O)OC(C)(C)C)C5)n4)n3)c2)no1. The fraction of sp³-hybridized carbons (Fsp3) is 0.400. The molecular formula is C25H28N6O6S2. The van der Waals surface area contributed by atoms with Crippen LogP contribution >= 0.6 is 11.3 Å². The molecule has 1 N–H and O–H groups in total. The number of aryl methyl sites for hydroxylation is 1. The highest BCUT2D eigenvalue weighted by molar-refractivity contribution is 7.92. The molecule has 4 heterocycles. The summed E-state index contributed by atoms with van der Waals surface area (Å²) in [5.41, 5.74) is 0.488. The summed E-state index contributed by atoms with van der Waals surface area (Å²) in [7, 11) is -3.90. The lowest BCUT2D eigenvalue weighted by atomic mass is 10.1. The molecule has 1 unspecified atom stereocenters. The van der Waals surface area contributed by atoms with Crippen LogP contribution < -0.4 is 4.72 Å². The van der Waals surface area contributed by atoms with E-state index in [4.69, 9.17) is 13.8 Å². The molecule has 1 amide bonds. The van der Waals surface area contributed by atoms with Crippen LogP contribution in [0.1, 0.15) is 38.0 Å². The van der Waals surface area contributed by atoms with E-state index in [-0.39, 0.29) is 34.4 Å². The molecule has 14 heteroatoms. The summed E-state index contributed by atoms with van der Waals surface area (Å²) in [4.78, 5) is 23.2. The van der Waals surface area contributed by atoms with E-state index in [0.29, 0.717) is 30.1 Å². The average molecular weight is 573 g/mol. The predicted molar refractivity (Wildman–Crippen MR) is 143 cm³/mol. The minimum atomic E-state index is -3.90. The van der Waals surface area contributed by atoms with Crippen molar-refractivity contribution >= 4 is 33.3 Å². The van der Waals surface area contributed by atoms with Crippen molar-refractivity contribution in [2.24, 2.45) is 5.92 Å². The normalized spacial score (nSPS) is 16.0. The monoisotopic (exact) mass is 572 g/mol. The van der Waals surface area contributed by atoms with E-state index in [1.807, 2.05) is 26.2 Å². The number of likely N-dealkylation sites (tertiary alicyclic amines) is 1. The quantitative estimate of drug-likeness (QED) is 0.328. The van der Waals surface area contributed by atoms with Crippen LogP contribution in [0, 0.1) is 12.8 Å². The zero-order valence-corrected chi connectivity index (χ0v) is 23.5. The number of carbonyl (C=O) groups is 1. The first kappa shape index (κ1) is 26.8. The van der Waals surface area contributed by atoms with Gasteiger partial charge in [-0.2, -0.15) is 4.98 Å². The minimum Gasteiger partial charge on any atom is -0.444 e. The molecule has 1 atom stereocenters. The van der Waals surface area contributed by atoms with Gasteiger partial charge in [-0.15, -0.1) is 11.3 Å². The molecule has 0 saturated carbocycles. The minimum absolute atomic E-state index is 0.0138. The second kappa shape index (κ2) is 10.4. The van der Waals surface area contributed by atoms with Gasteiger partial charge >= 0.3 is 6.09 Å². The zero-order valence-electron chi connectivity index (χ0n) is 21.9. The van der Waals surface area contributed by atoms with Gasteiger partial charge in [0.15, 0.2) is 5.82 Å². The Bertz CT molecular complexity index is 1590. The number of hydrogen-bond acceptors (Lipinski definition) is 11. The van der Waals surface area contributed by atoms with Crippen LogP contribution in [0.25, 0.3) is 23.0 Å². The van der Waals surface area contributed by atoms with Gasteiger partial charge in [0.05, 0.1) is 9.90 Å². The molecule has 1 aromatic carbocycles. The summed E-state index contributed by atoms with van der Waals surface area (Å²) in [5.74, 6) is 1.33. The fourth-order valence-electron chi connectivity index (χ4n) is 4.10. The molecule has 0 aliphatic carbocycles. The highest BCUT2D eigenvalue weighted by Crippen LogP contribution is 2.29. The lowest BCUT2D eigenvalue weighted by Crippen LogP contribution is -2.35. The molecule has 1 fully saturated rings. The van der Waals surface area contributed by atoms with Gasteiger partial charge in [0, 0.05) is 36.5 Å². The van der Waals surface area contributed by atoms with Crippen molar-refractivity contribution < 1.29 is 27.0 Å². The largest absolute Gasteiger partial charge is 0.444 e. The summed E-state index contributed by atoms with van der Waals surface area (Å²) < 4.78 is 43.8. The van der Waals surface area contributed by atoms with Crippen molar-refractivity contribution in [3.05, 3.63) is 46.5 Å². The van der Waals surface area contributed by atoms with Crippen molar-refractivity contribution in [1.29, 1.82) is 0 Å². The maximum absolute atomic E-state index is 12.8. The number of anilines is 1. The van der Waals surface area contributed by atoms with Crippen molar-refractivity contribution in [3.63, 3.8) is 0 Å². The zero-order chi connectivity index (χ0) is 27.8. The summed E-state index contributed by atoms with van der Waals surface area (Å²) in [6.07, 6.45) is 1.32. The number of amides is 1. The lowest BCUT2D eigenvalue weighted by molar-refractivity contribution is 0.0288. The van der Waals surface area contributed by atoms with E-state index in [2.05, 4.69) is 25.0 Å². The van der Waals surface area contributed by atoms with Crippen LogP contribution in [0.4, 0.5) is 10.6 Å². The molecule has 1 aliphatic heterocycles. The Hall–Kier alpha value is -3.78. The maximum Gasteiger partial charge on any atom is 0.410 e. The van der Waals surface area contributed by atoms with Crippen molar-refractivity contribution in [2.45, 2.75) is 51.0 Å². The second-order valence-corrected chi connectivity index (χ2v) is 12.9. The first-order chi connectivity index (χ1) is 18.4. The summed E-state index contributed by atoms with van der Waals surface area (Å²) in [5, 5.41) is 10.4. The van der Waals surface area contributed by atoms with E-state index in [0.717, 1.165) is 17.8 Å². The highest BCUT2D eigenvalue weighted by atomic mass is 32.2. The van der Waals surface area contributed by atoms with Gasteiger partial charge < -0.3 is 18.7 Å². The molecule has 0 spiro atoms. The third kappa shape index (κ3) is 6.45. The maximum atomic E-state index is 12.8. The number of rotatable bonds is 7. The van der Waals surface area contributed by atoms with E-state index in [9.17, 15) is 13.2 Å². The first-order valence-corrected chi connectivity index (χ1v) is 14.6. The van der Waals surface area contributed by atoms with Gasteiger partial charge in [-0.3, -0.25) is 4.72 Å². The third-order valence-electron chi connectivity index (χ3n) is 5.87. The van der Waals surface area contributed by atoms with Gasteiger partial charge in [0.1, 0.15) is 17.1 Å². The summed E-state index contributed by atoms with van der Waals surface area (Å²) in [6, 6.07) is 7.68. The number of ether oxygens (including phenoxy) is 1. The van der Waals surface area contributed by atoms with Gasteiger partial charge in [-0.1, -0.05) is 22.4 Å². The van der Waals surface area contributed by atoms with Gasteiger partial charge in [-0.25, -0.2) is 18.2 Å². The lowest BCUT2D eigenvalue weighted by Gasteiger charge is -2.24. The standard InChI is InChI=1S/C25H28N6O6S2/c1-15-10-20(28-36-15)30-39(33,34)18-7-5-6-17(12-18)22-27-23(37-29-22)19-14-38-21(26-19)11-16-8-9-31(13-16)24(32)35-25(2,3)4/h5-7,10,12,14,16H,8-9,11,13H2,1-4H3,(H,28,30). The Labute approximate surface area is 229 Å². The Morgan fingerprint density at radius 2 is 2.03 bits per heavy atom. The summed E-state index contributed by atoms with van der Waals surface area (Å²) in [6.45, 7) is 8.52. The van der Waals surface area contributed by atoms with Crippen LogP contribution in [-0.2, 0) is 21.2 Å². The van der Waals surface area contributed by atoms with Crippen molar-refractivity contribution in [3.8, 4) is 23.0 Å². The number of carbonyl (C=O) groups excluding carboxylic acids is 1. The fourth-order valence-corrected chi connectivity index (χ4v) is 6.01. The molecule has 12 nitrogen and oxygen atoms in total. The summed E-state index contributed by atoms with van der Waals surface area (Å²) >= 11 is 1.49. The van der Waals surface area contributed by atoms with Gasteiger partial charge in [-0.05, 0) is 52.2 Å².